The van der Waals surface area contributed by atoms with Gasteiger partial charge in [0.1, 0.15) is 5.82 Å². The van der Waals surface area contributed by atoms with Crippen molar-refractivity contribution in [3.05, 3.63) is 35.6 Å². The summed E-state index contributed by atoms with van der Waals surface area (Å²) < 4.78 is 18.6. The van der Waals surface area contributed by atoms with Crippen molar-refractivity contribution in [2.45, 2.75) is 31.2 Å². The third-order valence-corrected chi connectivity index (χ3v) is 5.93. The smallest absolute Gasteiger partial charge is 0.233 e. The second-order valence-electron chi connectivity index (χ2n) is 7.49. The van der Waals surface area contributed by atoms with Crippen LogP contribution in [0.3, 0.4) is 0 Å². The highest BCUT2D eigenvalue weighted by Gasteiger charge is 2.54. The average molecular weight is 332 g/mol. The average Bonchev–Trinajstić information content (AvgIpc) is 3.32. The molecular weight excluding hydrogens is 307 g/mol. The first-order valence-electron chi connectivity index (χ1n) is 8.97. The van der Waals surface area contributed by atoms with E-state index in [0.717, 1.165) is 57.8 Å². The first-order chi connectivity index (χ1) is 11.6. The van der Waals surface area contributed by atoms with E-state index < -0.39 is 5.41 Å². The number of nitrogens with zero attached hydrogens (tertiary/aromatic N) is 2. The van der Waals surface area contributed by atoms with Gasteiger partial charge in [-0.15, -0.1) is 0 Å². The summed E-state index contributed by atoms with van der Waals surface area (Å²) in [5.74, 6) is 0.469. The Hall–Kier alpha value is -1.46. The number of rotatable bonds is 3. The van der Waals surface area contributed by atoms with E-state index in [4.69, 9.17) is 4.74 Å². The topological polar surface area (TPSA) is 32.8 Å². The molecule has 2 saturated heterocycles. The summed E-state index contributed by atoms with van der Waals surface area (Å²) in [6.07, 6.45) is 1.76. The van der Waals surface area contributed by atoms with Crippen LogP contribution in [0.15, 0.2) is 24.3 Å². The van der Waals surface area contributed by atoms with Gasteiger partial charge >= 0.3 is 0 Å². The van der Waals surface area contributed by atoms with Crippen LogP contribution in [0.25, 0.3) is 0 Å². The van der Waals surface area contributed by atoms with Crippen LogP contribution in [-0.4, -0.2) is 61.1 Å². The molecule has 3 aliphatic rings. The van der Waals surface area contributed by atoms with Crippen LogP contribution in [0, 0.1) is 11.7 Å². The van der Waals surface area contributed by atoms with Gasteiger partial charge in [0.15, 0.2) is 0 Å². The molecule has 1 aromatic carbocycles. The van der Waals surface area contributed by atoms with Crippen molar-refractivity contribution >= 4 is 5.91 Å². The highest BCUT2D eigenvalue weighted by atomic mass is 19.1. The molecule has 4 rings (SSSR count). The summed E-state index contributed by atoms with van der Waals surface area (Å²) >= 11 is 0. The maximum Gasteiger partial charge on any atom is 0.233 e. The van der Waals surface area contributed by atoms with Crippen LogP contribution in [0.5, 0.6) is 0 Å². The number of hydrogen-bond donors (Lipinski definition) is 0. The van der Waals surface area contributed by atoms with Crippen LogP contribution in [0.2, 0.25) is 0 Å². The Balaban J connectivity index is 1.48. The fourth-order valence-electron chi connectivity index (χ4n) is 4.32. The fraction of sp³-hybridized carbons (Fsp3) is 0.632. The summed E-state index contributed by atoms with van der Waals surface area (Å²) in [4.78, 5) is 17.7. The second-order valence-corrected chi connectivity index (χ2v) is 7.49. The lowest BCUT2D eigenvalue weighted by molar-refractivity contribution is -0.133. The first kappa shape index (κ1) is 16.0. The van der Waals surface area contributed by atoms with E-state index in [1.165, 1.54) is 12.1 Å². The maximum atomic E-state index is 13.2. The number of likely N-dealkylation sites (tertiary alicyclic amines) is 1. The van der Waals surface area contributed by atoms with Gasteiger partial charge in [0, 0.05) is 32.2 Å². The zero-order valence-electron chi connectivity index (χ0n) is 14.2. The Morgan fingerprint density at radius 1 is 1.17 bits per heavy atom. The van der Waals surface area contributed by atoms with Gasteiger partial charge in [-0.25, -0.2) is 4.39 Å². The van der Waals surface area contributed by atoms with Crippen molar-refractivity contribution in [2.24, 2.45) is 5.92 Å². The molecule has 130 valence electrons. The second kappa shape index (κ2) is 6.12. The number of morpholine rings is 1. The summed E-state index contributed by atoms with van der Waals surface area (Å²) in [7, 11) is 0. The third kappa shape index (κ3) is 2.74. The highest BCUT2D eigenvalue weighted by Crippen LogP contribution is 2.50. The lowest BCUT2D eigenvalue weighted by Crippen LogP contribution is -2.47. The molecule has 2 atom stereocenters. The van der Waals surface area contributed by atoms with Crippen LogP contribution in [0.1, 0.15) is 25.3 Å². The molecule has 2 heterocycles. The lowest BCUT2D eigenvalue weighted by Gasteiger charge is -2.34. The predicted octanol–water partition coefficient (Wildman–Crippen LogP) is 2.04. The minimum absolute atomic E-state index is 0.233. The molecule has 1 saturated carbocycles. The SMILES string of the molecule is CC1CN(C(=O)C2(c3ccc(F)cc3)CC2)CC1N1CCOCC1. The Morgan fingerprint density at radius 2 is 1.83 bits per heavy atom. The molecule has 1 aromatic rings. The summed E-state index contributed by atoms with van der Waals surface area (Å²) in [5, 5.41) is 0. The molecule has 0 radical (unpaired) electrons. The normalized spacial score (nSPS) is 29.7. The number of hydrogen-bond acceptors (Lipinski definition) is 3. The molecule has 1 aliphatic carbocycles. The summed E-state index contributed by atoms with van der Waals surface area (Å²) in [6.45, 7) is 7.37. The zero-order valence-corrected chi connectivity index (χ0v) is 14.2. The van der Waals surface area contributed by atoms with Gasteiger partial charge in [-0.05, 0) is 36.5 Å². The summed E-state index contributed by atoms with van der Waals surface area (Å²) in [5.41, 5.74) is 0.573. The van der Waals surface area contributed by atoms with Gasteiger partial charge < -0.3 is 9.64 Å². The predicted molar refractivity (Wildman–Crippen MR) is 89.2 cm³/mol. The Labute approximate surface area is 142 Å². The van der Waals surface area contributed by atoms with E-state index in [9.17, 15) is 9.18 Å². The molecule has 0 spiro atoms. The van der Waals surface area contributed by atoms with E-state index in [2.05, 4.69) is 11.8 Å². The van der Waals surface area contributed by atoms with Crippen LogP contribution >= 0.6 is 0 Å². The minimum Gasteiger partial charge on any atom is -0.379 e. The van der Waals surface area contributed by atoms with Crippen molar-refractivity contribution in [1.82, 2.24) is 9.80 Å². The highest BCUT2D eigenvalue weighted by molar-refractivity contribution is 5.91. The van der Waals surface area contributed by atoms with E-state index in [-0.39, 0.29) is 11.7 Å². The van der Waals surface area contributed by atoms with Crippen LogP contribution < -0.4 is 0 Å². The maximum absolute atomic E-state index is 13.2. The number of benzene rings is 1. The van der Waals surface area contributed by atoms with E-state index in [1.54, 1.807) is 12.1 Å². The Morgan fingerprint density at radius 3 is 2.46 bits per heavy atom. The van der Waals surface area contributed by atoms with E-state index >= 15 is 0 Å². The van der Waals surface area contributed by atoms with Crippen molar-refractivity contribution in [1.29, 1.82) is 0 Å². The first-order valence-corrected chi connectivity index (χ1v) is 8.97. The zero-order chi connectivity index (χ0) is 16.7. The number of carbonyl (C=O) groups is 1. The van der Waals surface area contributed by atoms with Crippen molar-refractivity contribution in [2.75, 3.05) is 39.4 Å². The standard InChI is InChI=1S/C19H25FN2O2/c1-14-12-22(13-17(14)21-8-10-24-11-9-21)18(23)19(6-7-19)15-2-4-16(20)5-3-15/h2-5,14,17H,6-13H2,1H3. The molecule has 24 heavy (non-hydrogen) atoms. The van der Waals surface area contributed by atoms with E-state index in [0.29, 0.717) is 12.0 Å². The van der Waals surface area contributed by atoms with Crippen molar-refractivity contribution in [3.63, 3.8) is 0 Å². The monoisotopic (exact) mass is 332 g/mol. The number of ether oxygens (including phenoxy) is 1. The van der Waals surface area contributed by atoms with Gasteiger partial charge in [0.2, 0.25) is 5.91 Å². The quantitative estimate of drug-likeness (QED) is 0.849. The Bertz CT molecular complexity index is 608. The number of carbonyl (C=O) groups excluding carboxylic acids is 1. The van der Waals surface area contributed by atoms with Crippen LogP contribution in [0.4, 0.5) is 4.39 Å². The van der Waals surface area contributed by atoms with Gasteiger partial charge in [0.05, 0.1) is 18.6 Å². The van der Waals surface area contributed by atoms with Gasteiger partial charge in [-0.2, -0.15) is 0 Å². The molecular formula is C19H25FN2O2. The molecule has 4 nitrogen and oxygen atoms in total. The summed E-state index contributed by atoms with van der Waals surface area (Å²) in [6, 6.07) is 6.91. The molecule has 2 unspecified atom stereocenters. The largest absolute Gasteiger partial charge is 0.379 e. The number of halogens is 1. The molecule has 0 aromatic heterocycles. The van der Waals surface area contributed by atoms with E-state index in [1.807, 2.05) is 4.90 Å². The lowest BCUT2D eigenvalue weighted by atomic mass is 9.94. The fourth-order valence-corrected chi connectivity index (χ4v) is 4.32. The van der Waals surface area contributed by atoms with Gasteiger partial charge in [0.25, 0.3) is 0 Å². The third-order valence-electron chi connectivity index (χ3n) is 5.93. The molecule has 1 amide bonds. The molecule has 0 N–H and O–H groups in total. The minimum atomic E-state index is -0.396. The number of amides is 1. The Kier molecular flexibility index (Phi) is 4.09. The van der Waals surface area contributed by atoms with Crippen molar-refractivity contribution < 1.29 is 13.9 Å². The molecule has 0 bridgehead atoms. The molecule has 2 aliphatic heterocycles. The molecule has 5 heteroatoms. The van der Waals surface area contributed by atoms with Gasteiger partial charge in [-0.3, -0.25) is 9.69 Å². The van der Waals surface area contributed by atoms with Crippen molar-refractivity contribution in [3.8, 4) is 0 Å². The molecule has 3 fully saturated rings. The van der Waals surface area contributed by atoms with Gasteiger partial charge in [-0.1, -0.05) is 19.1 Å². The van der Waals surface area contributed by atoms with Crippen LogP contribution in [-0.2, 0) is 14.9 Å².